The first-order valence-corrected chi connectivity index (χ1v) is 21.6. The van der Waals surface area contributed by atoms with E-state index < -0.39 is 0 Å². The van der Waals surface area contributed by atoms with Crippen molar-refractivity contribution < 1.29 is 14.3 Å². The summed E-state index contributed by atoms with van der Waals surface area (Å²) < 4.78 is 8.45. The number of amides is 2. The third-order valence-corrected chi connectivity index (χ3v) is 12.5. The van der Waals surface area contributed by atoms with Crippen LogP contribution in [0, 0.1) is 5.92 Å². The summed E-state index contributed by atoms with van der Waals surface area (Å²) in [5.41, 5.74) is 7.14. The SMILES string of the molecule is CCC(CC)CNc1ncc2c(-c3ccc(CN4CCN(CCCOCCCc5ccc(C6CCC(=O)NC6=O)cc5)CC4)cc3)cn(C3CCCCC3)c2n1. The number of fused-ring (bicyclic) bond motifs is 1. The highest BCUT2D eigenvalue weighted by Gasteiger charge is 2.28. The van der Waals surface area contributed by atoms with Crippen molar-refractivity contribution in [2.75, 3.05) is 57.8 Å². The van der Waals surface area contributed by atoms with Gasteiger partial charge in [-0.25, -0.2) is 4.98 Å². The average Bonchev–Trinajstić information content (AvgIpc) is 3.61. The lowest BCUT2D eigenvalue weighted by Gasteiger charge is -2.34. The van der Waals surface area contributed by atoms with E-state index in [9.17, 15) is 9.59 Å². The molecule has 0 radical (unpaired) electrons. The monoisotopic (exact) mass is 761 g/mol. The van der Waals surface area contributed by atoms with Crippen molar-refractivity contribution in [3.8, 4) is 11.1 Å². The van der Waals surface area contributed by atoms with Gasteiger partial charge in [-0.3, -0.25) is 19.8 Å². The van der Waals surface area contributed by atoms with Crippen LogP contribution in [0.2, 0.25) is 0 Å². The number of ether oxygens (including phenoxy) is 1. The summed E-state index contributed by atoms with van der Waals surface area (Å²) in [6, 6.07) is 18.0. The molecule has 4 heterocycles. The maximum atomic E-state index is 12.2. The predicted molar refractivity (Wildman–Crippen MR) is 225 cm³/mol. The van der Waals surface area contributed by atoms with Crippen LogP contribution in [-0.2, 0) is 27.3 Å². The summed E-state index contributed by atoms with van der Waals surface area (Å²) >= 11 is 0. The van der Waals surface area contributed by atoms with Gasteiger partial charge in [0.05, 0.1) is 5.92 Å². The Morgan fingerprint density at radius 1 is 0.857 bits per heavy atom. The molecule has 2 aromatic carbocycles. The number of carbonyl (C=O) groups is 2. The van der Waals surface area contributed by atoms with Crippen molar-refractivity contribution in [1.29, 1.82) is 0 Å². The highest BCUT2D eigenvalue weighted by atomic mass is 16.5. The van der Waals surface area contributed by atoms with Crippen molar-refractivity contribution in [2.45, 2.75) is 109 Å². The lowest BCUT2D eigenvalue weighted by molar-refractivity contribution is -0.134. The van der Waals surface area contributed by atoms with Crippen LogP contribution in [0.15, 0.2) is 60.9 Å². The maximum Gasteiger partial charge on any atom is 0.234 e. The van der Waals surface area contributed by atoms with Gasteiger partial charge in [0.15, 0.2) is 0 Å². The molecular formula is C46H63N7O3. The Hall–Kier alpha value is -4.12. The lowest BCUT2D eigenvalue weighted by atomic mass is 9.90. The van der Waals surface area contributed by atoms with Crippen LogP contribution in [0.3, 0.4) is 0 Å². The van der Waals surface area contributed by atoms with Gasteiger partial charge in [-0.05, 0) is 66.7 Å². The summed E-state index contributed by atoms with van der Waals surface area (Å²) in [4.78, 5) is 38.7. The first-order valence-electron chi connectivity index (χ1n) is 21.6. The number of aromatic nitrogens is 3. The van der Waals surface area contributed by atoms with Gasteiger partial charge < -0.3 is 19.5 Å². The average molecular weight is 762 g/mol. The number of hydrogen-bond donors (Lipinski definition) is 2. The van der Waals surface area contributed by atoms with Crippen LogP contribution < -0.4 is 10.6 Å². The number of piperidine rings is 1. The zero-order valence-electron chi connectivity index (χ0n) is 33.8. The van der Waals surface area contributed by atoms with Gasteiger partial charge in [0, 0.05) is 94.8 Å². The highest BCUT2D eigenvalue weighted by Crippen LogP contribution is 2.37. The van der Waals surface area contributed by atoms with Crippen LogP contribution in [-0.4, -0.2) is 88.6 Å². The van der Waals surface area contributed by atoms with E-state index in [0.29, 0.717) is 24.8 Å². The molecule has 10 nitrogen and oxygen atoms in total. The van der Waals surface area contributed by atoms with Gasteiger partial charge >= 0.3 is 0 Å². The summed E-state index contributed by atoms with van der Waals surface area (Å²) in [6.07, 6.45) is 17.1. The minimum Gasteiger partial charge on any atom is -0.381 e. The lowest BCUT2D eigenvalue weighted by Crippen LogP contribution is -2.46. The molecule has 3 fully saturated rings. The van der Waals surface area contributed by atoms with Crippen LogP contribution >= 0.6 is 0 Å². The molecular weight excluding hydrogens is 699 g/mol. The molecule has 2 aromatic heterocycles. The molecule has 2 amide bonds. The standard InChI is InChI=1S/C46H63N7O3/c1-3-34(4-2)30-47-46-48-31-41-42(33-53(44(41)50-46)39-11-6-5-7-12-39)38-19-15-36(16-20-38)32-52-26-24-51(25-27-52)23-9-29-56-28-8-10-35-13-17-37(18-14-35)40-21-22-43(54)49-45(40)55/h13-20,31,33-34,39-40H,3-12,21-30,32H2,1-2H3,(H,47,48,50)(H,49,54,55). The fraction of sp³-hybridized carbons (Fsp3) is 0.565. The molecule has 4 aromatic rings. The molecule has 0 spiro atoms. The van der Waals surface area contributed by atoms with E-state index in [1.54, 1.807) is 0 Å². The molecule has 2 saturated heterocycles. The zero-order valence-corrected chi connectivity index (χ0v) is 33.8. The molecule has 1 unspecified atom stereocenters. The number of hydrogen-bond acceptors (Lipinski definition) is 8. The molecule has 10 heteroatoms. The van der Waals surface area contributed by atoms with Crippen molar-refractivity contribution in [3.05, 3.63) is 77.6 Å². The summed E-state index contributed by atoms with van der Waals surface area (Å²) in [6.45, 7) is 13.4. The number of nitrogens with one attached hydrogen (secondary N) is 2. The second-order valence-corrected chi connectivity index (χ2v) is 16.4. The van der Waals surface area contributed by atoms with Crippen molar-refractivity contribution in [3.63, 3.8) is 0 Å². The Bertz CT molecular complexity index is 1860. The zero-order chi connectivity index (χ0) is 38.7. The Balaban J connectivity index is 0.827. The number of rotatable bonds is 18. The van der Waals surface area contributed by atoms with E-state index in [1.165, 1.54) is 54.4 Å². The largest absolute Gasteiger partial charge is 0.381 e. The predicted octanol–water partition coefficient (Wildman–Crippen LogP) is 8.13. The molecule has 56 heavy (non-hydrogen) atoms. The smallest absolute Gasteiger partial charge is 0.234 e. The first-order chi connectivity index (χ1) is 27.5. The van der Waals surface area contributed by atoms with E-state index >= 15 is 0 Å². The van der Waals surface area contributed by atoms with Gasteiger partial charge in [0.25, 0.3) is 0 Å². The summed E-state index contributed by atoms with van der Waals surface area (Å²) in [5, 5.41) is 7.14. The first kappa shape index (κ1) is 40.1. The van der Waals surface area contributed by atoms with Gasteiger partial charge in [0.2, 0.25) is 17.8 Å². The minimum atomic E-state index is -0.222. The van der Waals surface area contributed by atoms with Crippen LogP contribution in [0.1, 0.15) is 113 Å². The van der Waals surface area contributed by atoms with Gasteiger partial charge in [0.1, 0.15) is 5.65 Å². The van der Waals surface area contributed by atoms with Crippen molar-refractivity contribution >= 4 is 28.8 Å². The van der Waals surface area contributed by atoms with Gasteiger partial charge in [-0.1, -0.05) is 94.5 Å². The molecule has 7 rings (SSSR count). The normalized spacial score (nSPS) is 18.9. The highest BCUT2D eigenvalue weighted by molar-refractivity contribution is 6.01. The maximum absolute atomic E-state index is 12.2. The minimum absolute atomic E-state index is 0.171. The molecule has 1 saturated carbocycles. The second-order valence-electron chi connectivity index (χ2n) is 16.4. The summed E-state index contributed by atoms with van der Waals surface area (Å²) in [7, 11) is 0. The third-order valence-electron chi connectivity index (χ3n) is 12.5. The summed E-state index contributed by atoms with van der Waals surface area (Å²) in [5.74, 6) is 0.813. The Kier molecular flexibility index (Phi) is 14.2. The fourth-order valence-electron chi connectivity index (χ4n) is 8.81. The van der Waals surface area contributed by atoms with Crippen LogP contribution in [0.25, 0.3) is 22.2 Å². The Morgan fingerprint density at radius 2 is 1.57 bits per heavy atom. The topological polar surface area (TPSA) is 105 Å². The van der Waals surface area contributed by atoms with Gasteiger partial charge in [-0.15, -0.1) is 0 Å². The second kappa shape index (κ2) is 19.8. The molecule has 300 valence electrons. The van der Waals surface area contributed by atoms with Gasteiger partial charge in [-0.2, -0.15) is 4.98 Å². The Labute approximate surface area is 333 Å². The molecule has 0 bridgehead atoms. The molecule has 1 aliphatic carbocycles. The van der Waals surface area contributed by atoms with E-state index in [-0.39, 0.29) is 17.7 Å². The molecule has 3 aliphatic rings. The Morgan fingerprint density at radius 3 is 2.30 bits per heavy atom. The van der Waals surface area contributed by atoms with Crippen molar-refractivity contribution in [1.82, 2.24) is 29.7 Å². The molecule has 2 N–H and O–H groups in total. The van der Waals surface area contributed by atoms with E-state index in [4.69, 9.17) is 14.7 Å². The van der Waals surface area contributed by atoms with Crippen LogP contribution in [0.4, 0.5) is 5.95 Å². The number of aryl methyl sites for hydroxylation is 1. The molecule has 1 atom stereocenters. The molecule has 2 aliphatic heterocycles. The van der Waals surface area contributed by atoms with E-state index in [2.05, 4.69) is 81.4 Å². The van der Waals surface area contributed by atoms with E-state index in [1.807, 2.05) is 18.3 Å². The van der Waals surface area contributed by atoms with Crippen LogP contribution in [0.5, 0.6) is 0 Å². The number of imide groups is 1. The van der Waals surface area contributed by atoms with E-state index in [0.717, 1.165) is 114 Å². The number of carbonyl (C=O) groups excluding carboxylic acids is 2. The third kappa shape index (κ3) is 10.4. The number of piperazine rings is 1. The number of benzene rings is 2. The fourth-order valence-corrected chi connectivity index (χ4v) is 8.81. The quantitative estimate of drug-likeness (QED) is 0.0774. The number of anilines is 1. The van der Waals surface area contributed by atoms with Crippen molar-refractivity contribution in [2.24, 2.45) is 5.92 Å². The number of nitrogens with zero attached hydrogens (tertiary/aromatic N) is 5.